The van der Waals surface area contributed by atoms with E-state index in [0.717, 1.165) is 11.3 Å². The van der Waals surface area contributed by atoms with E-state index in [-0.39, 0.29) is 18.8 Å². The maximum atomic E-state index is 11.7. The van der Waals surface area contributed by atoms with Crippen molar-refractivity contribution in [2.24, 2.45) is 5.92 Å². The maximum absolute atomic E-state index is 11.7. The summed E-state index contributed by atoms with van der Waals surface area (Å²) < 4.78 is 12.7. The average Bonchev–Trinajstić information content (AvgIpc) is 3.15. The van der Waals surface area contributed by atoms with Crippen molar-refractivity contribution in [1.29, 1.82) is 0 Å². The normalized spacial score (nSPS) is 12.9. The monoisotopic (exact) mass is 419 g/mol. The van der Waals surface area contributed by atoms with Crippen molar-refractivity contribution < 1.29 is 29.3 Å². The molecule has 0 aliphatic heterocycles. The van der Waals surface area contributed by atoms with Crippen LogP contribution in [0.2, 0.25) is 0 Å². The van der Waals surface area contributed by atoms with Gasteiger partial charge in [-0.05, 0) is 24.9 Å². The lowest BCUT2D eigenvalue weighted by Gasteiger charge is -2.19. The number of nitrogens with zero attached hydrogens (tertiary/aromatic N) is 2. The molecule has 2 unspecified atom stereocenters. The van der Waals surface area contributed by atoms with Crippen molar-refractivity contribution in [3.8, 4) is 11.5 Å². The van der Waals surface area contributed by atoms with E-state index in [9.17, 15) is 14.7 Å². The van der Waals surface area contributed by atoms with E-state index < -0.39 is 18.0 Å². The zero-order valence-electron chi connectivity index (χ0n) is 17.5. The van der Waals surface area contributed by atoms with E-state index in [2.05, 4.69) is 10.3 Å². The first kappa shape index (κ1) is 23.2. The number of hydrogen-bond acceptors (Lipinski definition) is 6. The third kappa shape index (κ3) is 6.48. The first-order chi connectivity index (χ1) is 14.3. The number of para-hydroxylation sites is 1. The highest BCUT2D eigenvalue weighted by atomic mass is 16.5. The molecular formula is C21H29N3O6. The molecule has 0 amide bonds. The second-order valence-electron chi connectivity index (χ2n) is 7.21. The van der Waals surface area contributed by atoms with Crippen LogP contribution in [-0.4, -0.2) is 58.5 Å². The van der Waals surface area contributed by atoms with Gasteiger partial charge in [-0.1, -0.05) is 19.1 Å². The highest BCUT2D eigenvalue weighted by Crippen LogP contribution is 2.31. The van der Waals surface area contributed by atoms with Crippen molar-refractivity contribution in [1.82, 2.24) is 14.9 Å². The van der Waals surface area contributed by atoms with Crippen LogP contribution in [0.5, 0.6) is 11.5 Å². The van der Waals surface area contributed by atoms with Gasteiger partial charge in [0.2, 0.25) is 0 Å². The molecule has 0 aliphatic carbocycles. The number of carbonyl (C=O) groups is 2. The van der Waals surface area contributed by atoms with Crippen molar-refractivity contribution in [2.45, 2.75) is 38.8 Å². The number of rotatable bonds is 13. The summed E-state index contributed by atoms with van der Waals surface area (Å²) in [5.41, 5.74) is 1.65. The molecule has 0 bridgehead atoms. The first-order valence-electron chi connectivity index (χ1n) is 9.72. The van der Waals surface area contributed by atoms with Crippen LogP contribution in [0.3, 0.4) is 0 Å². The van der Waals surface area contributed by atoms with Crippen molar-refractivity contribution in [2.75, 3.05) is 20.8 Å². The van der Waals surface area contributed by atoms with Crippen LogP contribution in [0.25, 0.3) is 0 Å². The molecule has 164 valence electrons. The molecule has 1 heterocycles. The van der Waals surface area contributed by atoms with Gasteiger partial charge >= 0.3 is 11.9 Å². The molecule has 3 N–H and O–H groups in total. The van der Waals surface area contributed by atoms with E-state index in [4.69, 9.17) is 14.6 Å². The summed E-state index contributed by atoms with van der Waals surface area (Å²) in [5, 5.41) is 21.4. The molecule has 9 nitrogen and oxygen atoms in total. The van der Waals surface area contributed by atoms with Crippen molar-refractivity contribution in [3.63, 3.8) is 0 Å². The molecule has 0 spiro atoms. The molecule has 0 saturated carbocycles. The van der Waals surface area contributed by atoms with Crippen LogP contribution in [0.4, 0.5) is 0 Å². The minimum Gasteiger partial charge on any atom is -0.493 e. The summed E-state index contributed by atoms with van der Waals surface area (Å²) in [6.45, 7) is 2.77. The van der Waals surface area contributed by atoms with E-state index in [1.165, 1.54) is 0 Å². The predicted molar refractivity (Wildman–Crippen MR) is 110 cm³/mol. The number of nitrogens with one attached hydrogen (secondary N) is 1. The standard InChI is InChI=1S/C21H29N3O6/c1-14(7-8-19(25)26)10-23-17(21(27)28)9-16-11-22-13-24(16)12-15-5-4-6-18(29-2)20(15)30-3/h4-6,11,13-14,17,23H,7-10,12H2,1-3H3,(H,25,26)(H,27,28). The van der Waals surface area contributed by atoms with Gasteiger partial charge in [0.15, 0.2) is 11.5 Å². The molecule has 1 aromatic carbocycles. The van der Waals surface area contributed by atoms with Crippen LogP contribution >= 0.6 is 0 Å². The van der Waals surface area contributed by atoms with Gasteiger partial charge in [-0.3, -0.25) is 9.59 Å². The van der Waals surface area contributed by atoms with Gasteiger partial charge in [0.1, 0.15) is 6.04 Å². The SMILES string of the molecule is COc1cccc(Cn2cncc2CC(NCC(C)CCC(=O)O)C(=O)O)c1OC. The number of aromatic nitrogens is 2. The van der Waals surface area contributed by atoms with Gasteiger partial charge in [0, 0.05) is 30.3 Å². The van der Waals surface area contributed by atoms with Crippen LogP contribution in [-0.2, 0) is 22.6 Å². The number of benzene rings is 1. The molecule has 0 saturated heterocycles. The molecule has 30 heavy (non-hydrogen) atoms. The molecule has 2 atom stereocenters. The molecule has 0 fully saturated rings. The van der Waals surface area contributed by atoms with Gasteiger partial charge in [-0.25, -0.2) is 4.98 Å². The van der Waals surface area contributed by atoms with Crippen molar-refractivity contribution in [3.05, 3.63) is 42.0 Å². The smallest absolute Gasteiger partial charge is 0.321 e. The van der Waals surface area contributed by atoms with Gasteiger partial charge in [0.05, 0.1) is 27.1 Å². The number of carboxylic acid groups (broad SMARTS) is 2. The highest BCUT2D eigenvalue weighted by Gasteiger charge is 2.21. The summed E-state index contributed by atoms with van der Waals surface area (Å²) in [4.78, 5) is 26.6. The van der Waals surface area contributed by atoms with E-state index in [1.54, 1.807) is 26.7 Å². The second kappa shape index (κ2) is 11.2. The van der Waals surface area contributed by atoms with Crippen LogP contribution in [0.1, 0.15) is 31.0 Å². The van der Waals surface area contributed by atoms with E-state index >= 15 is 0 Å². The topological polar surface area (TPSA) is 123 Å². The summed E-state index contributed by atoms with van der Waals surface area (Å²) >= 11 is 0. The van der Waals surface area contributed by atoms with E-state index in [0.29, 0.717) is 31.0 Å². The minimum atomic E-state index is -0.966. The molecule has 0 radical (unpaired) electrons. The Hall–Kier alpha value is -3.07. The Morgan fingerprint density at radius 3 is 2.63 bits per heavy atom. The van der Waals surface area contributed by atoms with Gasteiger partial charge in [-0.15, -0.1) is 0 Å². The quantitative estimate of drug-likeness (QED) is 0.451. The first-order valence-corrected chi connectivity index (χ1v) is 9.72. The number of carboxylic acids is 2. The number of imidazole rings is 1. The molecule has 9 heteroatoms. The van der Waals surface area contributed by atoms with Gasteiger partial charge in [0.25, 0.3) is 0 Å². The largest absolute Gasteiger partial charge is 0.493 e. The van der Waals surface area contributed by atoms with Crippen LogP contribution in [0.15, 0.2) is 30.7 Å². The average molecular weight is 419 g/mol. The Morgan fingerprint density at radius 2 is 2.00 bits per heavy atom. The number of aliphatic carboxylic acids is 2. The fourth-order valence-corrected chi connectivity index (χ4v) is 3.19. The predicted octanol–water partition coefficient (Wildman–Crippen LogP) is 2.03. The summed E-state index contributed by atoms with van der Waals surface area (Å²) in [6.07, 6.45) is 4.10. The number of methoxy groups -OCH3 is 2. The highest BCUT2D eigenvalue weighted by molar-refractivity contribution is 5.73. The van der Waals surface area contributed by atoms with Crippen LogP contribution in [0, 0.1) is 5.92 Å². The summed E-state index contributed by atoms with van der Waals surface area (Å²) in [7, 11) is 3.15. The third-order valence-corrected chi connectivity index (χ3v) is 4.90. The third-order valence-electron chi connectivity index (χ3n) is 4.90. The second-order valence-corrected chi connectivity index (χ2v) is 7.21. The fourth-order valence-electron chi connectivity index (χ4n) is 3.19. The Balaban J connectivity index is 2.08. The number of hydrogen-bond donors (Lipinski definition) is 3. The molecule has 0 aliphatic rings. The molecule has 1 aromatic heterocycles. The Bertz CT molecular complexity index is 851. The van der Waals surface area contributed by atoms with Crippen LogP contribution < -0.4 is 14.8 Å². The lowest BCUT2D eigenvalue weighted by atomic mass is 10.0. The van der Waals surface area contributed by atoms with Crippen molar-refractivity contribution >= 4 is 11.9 Å². The minimum absolute atomic E-state index is 0.0499. The Labute approximate surface area is 175 Å². The number of ether oxygens (including phenoxy) is 2. The molecule has 2 rings (SSSR count). The fraction of sp³-hybridized carbons (Fsp3) is 0.476. The zero-order valence-corrected chi connectivity index (χ0v) is 17.5. The molecular weight excluding hydrogens is 390 g/mol. The van der Waals surface area contributed by atoms with Gasteiger partial charge < -0.3 is 29.6 Å². The lowest BCUT2D eigenvalue weighted by molar-refractivity contribution is -0.140. The zero-order chi connectivity index (χ0) is 22.1. The lowest BCUT2D eigenvalue weighted by Crippen LogP contribution is -2.41. The molecule has 2 aromatic rings. The summed E-state index contributed by atoms with van der Waals surface area (Å²) in [6, 6.07) is 4.79. The van der Waals surface area contributed by atoms with E-state index in [1.807, 2.05) is 29.7 Å². The van der Waals surface area contributed by atoms with Gasteiger partial charge in [-0.2, -0.15) is 0 Å². The Morgan fingerprint density at radius 1 is 1.23 bits per heavy atom. The Kier molecular flexibility index (Phi) is 8.67. The summed E-state index contributed by atoms with van der Waals surface area (Å²) in [5.74, 6) is -0.522. The maximum Gasteiger partial charge on any atom is 0.321 e.